The number of carbonyl (C=O) groups excluding carboxylic acids is 2. The largest absolute Gasteiger partial charge is 0.485 e. The molecule has 5 heteroatoms. The van der Waals surface area contributed by atoms with Crippen LogP contribution < -0.4 is 0 Å². The average molecular weight is 359 g/mol. The summed E-state index contributed by atoms with van der Waals surface area (Å²) in [4.78, 5) is 25.1. The molecule has 128 valence electrons. The molecule has 0 saturated heterocycles. The smallest absolute Gasteiger partial charge is 0.204 e. The first-order valence-electron chi connectivity index (χ1n) is 7.82. The van der Waals surface area contributed by atoms with Gasteiger partial charge in [-0.3, -0.25) is 9.59 Å². The minimum Gasteiger partial charge on any atom is -0.485 e. The van der Waals surface area contributed by atoms with E-state index in [9.17, 15) is 14.0 Å². The van der Waals surface area contributed by atoms with Crippen molar-refractivity contribution in [2.75, 3.05) is 0 Å². The van der Waals surface area contributed by atoms with E-state index < -0.39 is 12.0 Å². The molecule has 25 heavy (non-hydrogen) atoms. The molecule has 0 saturated carbocycles. The van der Waals surface area contributed by atoms with Gasteiger partial charge < -0.3 is 4.74 Å². The zero-order chi connectivity index (χ0) is 18.1. The molecule has 0 spiro atoms. The Kier molecular flexibility index (Phi) is 4.73. The van der Waals surface area contributed by atoms with Crippen LogP contribution in [-0.4, -0.2) is 17.7 Å². The van der Waals surface area contributed by atoms with Crippen LogP contribution in [0.25, 0.3) is 0 Å². The minimum absolute atomic E-state index is 0.168. The fraction of sp³-hybridized carbons (Fsp3) is 0.200. The molecule has 0 bridgehead atoms. The highest BCUT2D eigenvalue weighted by Crippen LogP contribution is 2.40. The Labute approximate surface area is 150 Å². The summed E-state index contributed by atoms with van der Waals surface area (Å²) < 4.78 is 19.0. The van der Waals surface area contributed by atoms with Crippen molar-refractivity contribution in [3.05, 3.63) is 81.8 Å². The van der Waals surface area contributed by atoms with E-state index in [0.29, 0.717) is 27.5 Å². The van der Waals surface area contributed by atoms with Gasteiger partial charge in [-0.2, -0.15) is 0 Å². The molecule has 2 aromatic carbocycles. The van der Waals surface area contributed by atoms with Gasteiger partial charge in [-0.05, 0) is 55.8 Å². The summed E-state index contributed by atoms with van der Waals surface area (Å²) >= 11 is 5.87. The Hall–Kier alpha value is -2.46. The molecule has 3 nitrogen and oxygen atoms in total. The van der Waals surface area contributed by atoms with E-state index >= 15 is 0 Å². The molecule has 0 N–H and O–H groups in total. The number of hydrogen-bond donors (Lipinski definition) is 0. The quantitative estimate of drug-likeness (QED) is 0.743. The first-order valence-corrected chi connectivity index (χ1v) is 8.20. The molecular weight excluding hydrogens is 343 g/mol. The van der Waals surface area contributed by atoms with E-state index in [0.717, 1.165) is 0 Å². The van der Waals surface area contributed by atoms with E-state index in [4.69, 9.17) is 16.3 Å². The average Bonchev–Trinajstić information content (AvgIpc) is 2.93. The number of hydrogen-bond acceptors (Lipinski definition) is 3. The van der Waals surface area contributed by atoms with Gasteiger partial charge in [-0.1, -0.05) is 23.7 Å². The summed E-state index contributed by atoms with van der Waals surface area (Å²) in [5.74, 6) is -0.941. The van der Waals surface area contributed by atoms with Crippen LogP contribution in [0, 0.1) is 5.82 Å². The van der Waals surface area contributed by atoms with Crippen molar-refractivity contribution in [2.24, 2.45) is 0 Å². The van der Waals surface area contributed by atoms with Gasteiger partial charge in [0.1, 0.15) is 11.6 Å². The predicted octanol–water partition coefficient (Wildman–Crippen LogP) is 4.71. The Morgan fingerprint density at radius 3 is 2.20 bits per heavy atom. The van der Waals surface area contributed by atoms with Crippen LogP contribution in [0.3, 0.4) is 0 Å². The number of carbonyl (C=O) groups is 2. The number of rotatable bonds is 4. The van der Waals surface area contributed by atoms with Gasteiger partial charge in [0.05, 0.1) is 5.92 Å². The maximum absolute atomic E-state index is 13.3. The van der Waals surface area contributed by atoms with Crippen LogP contribution in [-0.2, 0) is 9.53 Å². The highest BCUT2D eigenvalue weighted by molar-refractivity contribution is 6.30. The van der Waals surface area contributed by atoms with Gasteiger partial charge in [0.15, 0.2) is 11.9 Å². The first kappa shape index (κ1) is 17.4. The van der Waals surface area contributed by atoms with Crippen LogP contribution in [0.5, 0.6) is 0 Å². The summed E-state index contributed by atoms with van der Waals surface area (Å²) in [6.45, 7) is 3.11. The van der Waals surface area contributed by atoms with Gasteiger partial charge in [-0.15, -0.1) is 0 Å². The maximum Gasteiger partial charge on any atom is 0.204 e. The second-order valence-electron chi connectivity index (χ2n) is 5.96. The van der Waals surface area contributed by atoms with E-state index in [1.807, 2.05) is 0 Å². The van der Waals surface area contributed by atoms with Crippen molar-refractivity contribution in [3.8, 4) is 0 Å². The summed E-state index contributed by atoms with van der Waals surface area (Å²) in [6, 6.07) is 12.3. The summed E-state index contributed by atoms with van der Waals surface area (Å²) in [5, 5.41) is 0.526. The highest BCUT2D eigenvalue weighted by Gasteiger charge is 2.42. The zero-order valence-electron chi connectivity index (χ0n) is 13.8. The Balaban J connectivity index is 2.03. The molecule has 0 unspecified atom stereocenters. The lowest BCUT2D eigenvalue weighted by Crippen LogP contribution is -2.28. The minimum atomic E-state index is -0.870. The fourth-order valence-electron chi connectivity index (χ4n) is 3.15. The number of halogens is 2. The number of ether oxygens (including phenoxy) is 1. The number of allylic oxidation sites excluding steroid dienone is 1. The standard InChI is InChI=1S/C20H16ClFO3/c1-11(23)17-12(2)25-20(18(17)13-5-9-16(22)10-6-13)19(24)14-3-7-15(21)8-4-14/h3-10,18,20H,1-2H3/t18-,20-/m1/s1. The van der Waals surface area contributed by atoms with Crippen molar-refractivity contribution in [1.82, 2.24) is 0 Å². The molecule has 2 atom stereocenters. The summed E-state index contributed by atoms with van der Waals surface area (Å²) in [5.41, 5.74) is 1.55. The molecule has 1 aliphatic heterocycles. The monoisotopic (exact) mass is 358 g/mol. The lowest BCUT2D eigenvalue weighted by atomic mass is 9.83. The van der Waals surface area contributed by atoms with Crippen molar-refractivity contribution in [1.29, 1.82) is 0 Å². The van der Waals surface area contributed by atoms with Crippen LogP contribution in [0.2, 0.25) is 5.02 Å². The predicted molar refractivity (Wildman–Crippen MR) is 93.2 cm³/mol. The second kappa shape index (κ2) is 6.81. The molecular formula is C20H16ClFO3. The number of benzene rings is 2. The molecule has 1 aliphatic rings. The van der Waals surface area contributed by atoms with Gasteiger partial charge in [0, 0.05) is 16.2 Å². The van der Waals surface area contributed by atoms with Gasteiger partial charge >= 0.3 is 0 Å². The van der Waals surface area contributed by atoms with Crippen LogP contribution in [0.1, 0.15) is 35.7 Å². The van der Waals surface area contributed by atoms with Crippen molar-refractivity contribution in [3.63, 3.8) is 0 Å². The molecule has 3 rings (SSSR count). The maximum atomic E-state index is 13.3. The fourth-order valence-corrected chi connectivity index (χ4v) is 3.28. The third kappa shape index (κ3) is 3.35. The highest BCUT2D eigenvalue weighted by atomic mass is 35.5. The van der Waals surface area contributed by atoms with E-state index in [-0.39, 0.29) is 17.4 Å². The van der Waals surface area contributed by atoms with E-state index in [1.165, 1.54) is 19.1 Å². The van der Waals surface area contributed by atoms with Gasteiger partial charge in [0.2, 0.25) is 5.78 Å². The lowest BCUT2D eigenvalue weighted by Gasteiger charge is -2.20. The zero-order valence-corrected chi connectivity index (χ0v) is 14.5. The first-order chi connectivity index (χ1) is 11.9. The molecule has 0 radical (unpaired) electrons. The van der Waals surface area contributed by atoms with Gasteiger partial charge in [0.25, 0.3) is 0 Å². The van der Waals surface area contributed by atoms with Crippen molar-refractivity contribution in [2.45, 2.75) is 25.9 Å². The van der Waals surface area contributed by atoms with Crippen LogP contribution in [0.4, 0.5) is 4.39 Å². The van der Waals surface area contributed by atoms with Crippen LogP contribution >= 0.6 is 11.6 Å². The number of ketones is 2. The van der Waals surface area contributed by atoms with Crippen molar-refractivity contribution < 1.29 is 18.7 Å². The molecule has 0 amide bonds. The third-order valence-corrected chi connectivity index (χ3v) is 4.54. The second-order valence-corrected chi connectivity index (χ2v) is 6.40. The van der Waals surface area contributed by atoms with Gasteiger partial charge in [-0.25, -0.2) is 4.39 Å². The normalized spacial score (nSPS) is 19.7. The Morgan fingerprint density at radius 1 is 1.04 bits per heavy atom. The van der Waals surface area contributed by atoms with Crippen molar-refractivity contribution >= 4 is 23.2 Å². The summed E-state index contributed by atoms with van der Waals surface area (Å²) in [6.07, 6.45) is -0.870. The van der Waals surface area contributed by atoms with Crippen LogP contribution in [0.15, 0.2) is 59.9 Å². The third-order valence-electron chi connectivity index (χ3n) is 4.29. The Bertz CT molecular complexity index is 854. The lowest BCUT2D eigenvalue weighted by molar-refractivity contribution is -0.113. The molecule has 1 heterocycles. The molecule has 0 aromatic heterocycles. The Morgan fingerprint density at radius 2 is 1.64 bits per heavy atom. The molecule has 0 fully saturated rings. The van der Waals surface area contributed by atoms with E-state index in [1.54, 1.807) is 43.3 Å². The molecule has 0 aliphatic carbocycles. The number of Topliss-reactive ketones (excluding diaryl/α,β-unsaturated/α-hetero) is 2. The molecule has 2 aromatic rings. The topological polar surface area (TPSA) is 43.4 Å². The van der Waals surface area contributed by atoms with E-state index in [2.05, 4.69) is 0 Å². The summed E-state index contributed by atoms with van der Waals surface area (Å²) in [7, 11) is 0. The SMILES string of the molecule is CC(=O)C1=C(C)O[C@@H](C(=O)c2ccc(Cl)cc2)[C@@H]1c1ccc(F)cc1.